The number of anilines is 2. The van der Waals surface area contributed by atoms with Crippen molar-refractivity contribution in [1.82, 2.24) is 14.9 Å². The molecule has 0 spiro atoms. The highest BCUT2D eigenvalue weighted by Gasteiger charge is 2.18. The van der Waals surface area contributed by atoms with Crippen LogP contribution in [0.4, 0.5) is 11.5 Å². The van der Waals surface area contributed by atoms with Gasteiger partial charge in [-0.25, -0.2) is 4.98 Å². The van der Waals surface area contributed by atoms with Gasteiger partial charge in [-0.3, -0.25) is 14.7 Å². The molecule has 0 atom stereocenters. The average molecular weight is 346 g/mol. The Morgan fingerprint density at radius 2 is 2.04 bits per heavy atom. The van der Waals surface area contributed by atoms with Crippen LogP contribution in [0.25, 0.3) is 0 Å². The minimum atomic E-state index is 0.00798. The third-order valence-electron chi connectivity index (χ3n) is 4.01. The zero-order valence-electron chi connectivity index (χ0n) is 13.4. The normalized spacial score (nSPS) is 15.3. The third kappa shape index (κ3) is 4.66. The highest BCUT2D eigenvalue weighted by molar-refractivity contribution is 6.30. The first-order valence-corrected chi connectivity index (χ1v) is 8.37. The Labute approximate surface area is 146 Å². The molecule has 1 N–H and O–H groups in total. The number of nitrogens with zero attached hydrogens (tertiary/aromatic N) is 4. The molecule has 1 aliphatic heterocycles. The maximum absolute atomic E-state index is 12.0. The monoisotopic (exact) mass is 345 g/mol. The fourth-order valence-corrected chi connectivity index (χ4v) is 2.89. The third-order valence-corrected chi connectivity index (χ3v) is 4.24. The Kier molecular flexibility index (Phi) is 5.61. The molecule has 2 aromatic rings. The Bertz CT molecular complexity index is 674. The zero-order chi connectivity index (χ0) is 16.8. The minimum Gasteiger partial charge on any atom is -0.353 e. The van der Waals surface area contributed by atoms with Crippen molar-refractivity contribution in [2.75, 3.05) is 42.9 Å². The van der Waals surface area contributed by atoms with E-state index in [1.54, 1.807) is 30.7 Å². The van der Waals surface area contributed by atoms with Crippen molar-refractivity contribution in [2.45, 2.75) is 6.42 Å². The van der Waals surface area contributed by atoms with Gasteiger partial charge in [-0.15, -0.1) is 0 Å². The summed E-state index contributed by atoms with van der Waals surface area (Å²) < 4.78 is 0. The molecule has 1 aromatic carbocycles. The number of carbonyl (C=O) groups is 1. The van der Waals surface area contributed by atoms with Crippen molar-refractivity contribution in [3.05, 3.63) is 47.9 Å². The van der Waals surface area contributed by atoms with Crippen LogP contribution in [-0.4, -0.2) is 53.5 Å². The lowest BCUT2D eigenvalue weighted by atomic mass is 10.2. The quantitative estimate of drug-likeness (QED) is 0.900. The van der Waals surface area contributed by atoms with E-state index in [1.165, 1.54) is 0 Å². The first-order chi connectivity index (χ1) is 11.7. The summed E-state index contributed by atoms with van der Waals surface area (Å²) in [4.78, 5) is 25.0. The Morgan fingerprint density at radius 3 is 2.75 bits per heavy atom. The van der Waals surface area contributed by atoms with E-state index in [1.807, 2.05) is 12.1 Å². The van der Waals surface area contributed by atoms with Crippen molar-refractivity contribution in [2.24, 2.45) is 0 Å². The van der Waals surface area contributed by atoms with Gasteiger partial charge >= 0.3 is 0 Å². The molecular formula is C17H20ClN5O. The van der Waals surface area contributed by atoms with Crippen molar-refractivity contribution in [3.8, 4) is 0 Å². The van der Waals surface area contributed by atoms with Crippen LogP contribution < -0.4 is 10.2 Å². The van der Waals surface area contributed by atoms with Crippen LogP contribution in [0.5, 0.6) is 0 Å². The lowest BCUT2D eigenvalue weighted by Gasteiger charge is -2.35. The first kappa shape index (κ1) is 16.7. The van der Waals surface area contributed by atoms with Gasteiger partial charge in [-0.2, -0.15) is 0 Å². The molecule has 0 bridgehead atoms. The molecule has 1 fully saturated rings. The van der Waals surface area contributed by atoms with E-state index in [4.69, 9.17) is 11.6 Å². The molecule has 2 heterocycles. The second kappa shape index (κ2) is 8.08. The number of carbonyl (C=O) groups excluding carboxylic acids is 1. The number of hydrogen-bond donors (Lipinski definition) is 1. The summed E-state index contributed by atoms with van der Waals surface area (Å²) in [7, 11) is 0. The zero-order valence-corrected chi connectivity index (χ0v) is 14.1. The molecule has 0 saturated carbocycles. The lowest BCUT2D eigenvalue weighted by molar-refractivity contribution is -0.116. The van der Waals surface area contributed by atoms with Gasteiger partial charge in [0.1, 0.15) is 5.82 Å². The van der Waals surface area contributed by atoms with Crippen LogP contribution in [0.3, 0.4) is 0 Å². The fourth-order valence-electron chi connectivity index (χ4n) is 2.70. The van der Waals surface area contributed by atoms with Crippen LogP contribution in [0, 0.1) is 0 Å². The number of aromatic nitrogens is 2. The van der Waals surface area contributed by atoms with E-state index < -0.39 is 0 Å². The van der Waals surface area contributed by atoms with Crippen LogP contribution in [0.1, 0.15) is 6.42 Å². The van der Waals surface area contributed by atoms with E-state index in [0.717, 1.165) is 44.2 Å². The number of rotatable bonds is 5. The van der Waals surface area contributed by atoms with Crippen LogP contribution >= 0.6 is 11.6 Å². The van der Waals surface area contributed by atoms with E-state index in [0.29, 0.717) is 11.4 Å². The lowest BCUT2D eigenvalue weighted by Crippen LogP contribution is -2.47. The highest BCUT2D eigenvalue weighted by atomic mass is 35.5. The predicted octanol–water partition coefficient (Wildman–Crippen LogP) is 2.28. The predicted molar refractivity (Wildman–Crippen MR) is 95.4 cm³/mol. The molecule has 1 aromatic heterocycles. The molecule has 7 heteroatoms. The van der Waals surface area contributed by atoms with Gasteiger partial charge < -0.3 is 10.2 Å². The molecule has 3 rings (SSSR count). The van der Waals surface area contributed by atoms with Crippen molar-refractivity contribution >= 4 is 29.0 Å². The average Bonchev–Trinajstić information content (AvgIpc) is 2.61. The number of piperazine rings is 1. The van der Waals surface area contributed by atoms with Crippen molar-refractivity contribution < 1.29 is 4.79 Å². The number of nitrogens with one attached hydrogen (secondary N) is 1. The van der Waals surface area contributed by atoms with E-state index in [9.17, 15) is 4.79 Å². The molecule has 0 radical (unpaired) electrons. The van der Waals surface area contributed by atoms with Crippen molar-refractivity contribution in [3.63, 3.8) is 0 Å². The number of amides is 1. The van der Waals surface area contributed by atoms with E-state index >= 15 is 0 Å². The Hall–Kier alpha value is -2.18. The molecule has 0 unspecified atom stereocenters. The SMILES string of the molecule is O=C(CCN1CCN(c2cnccn2)CC1)Nc1cccc(Cl)c1. The number of halogens is 1. The molecule has 6 nitrogen and oxygen atoms in total. The molecule has 0 aliphatic carbocycles. The summed E-state index contributed by atoms with van der Waals surface area (Å²) in [5, 5.41) is 3.50. The van der Waals surface area contributed by atoms with Crippen LogP contribution in [-0.2, 0) is 4.79 Å². The largest absolute Gasteiger partial charge is 0.353 e. The number of hydrogen-bond acceptors (Lipinski definition) is 5. The maximum atomic E-state index is 12.0. The van der Waals surface area contributed by atoms with Gasteiger partial charge in [0.05, 0.1) is 6.20 Å². The molecule has 1 saturated heterocycles. The van der Waals surface area contributed by atoms with Crippen molar-refractivity contribution in [1.29, 1.82) is 0 Å². The standard InChI is InChI=1S/C17H20ClN5O/c18-14-2-1-3-15(12-14)21-17(24)4-7-22-8-10-23(11-9-22)16-13-19-5-6-20-16/h1-3,5-6,12-13H,4,7-11H2,(H,21,24). The van der Waals surface area contributed by atoms with Gasteiger partial charge in [0.25, 0.3) is 0 Å². The summed E-state index contributed by atoms with van der Waals surface area (Å²) in [6.45, 7) is 4.38. The smallest absolute Gasteiger partial charge is 0.225 e. The summed E-state index contributed by atoms with van der Waals surface area (Å²) in [6, 6.07) is 7.19. The second-order valence-corrected chi connectivity index (χ2v) is 6.14. The first-order valence-electron chi connectivity index (χ1n) is 7.99. The highest BCUT2D eigenvalue weighted by Crippen LogP contribution is 2.15. The van der Waals surface area contributed by atoms with Gasteiger partial charge in [0.2, 0.25) is 5.91 Å². The summed E-state index contributed by atoms with van der Waals surface area (Å²) in [5.74, 6) is 0.921. The molecule has 126 valence electrons. The van der Waals surface area contributed by atoms with Gasteiger partial charge in [-0.05, 0) is 18.2 Å². The fraction of sp³-hybridized carbons (Fsp3) is 0.353. The Balaban J connectivity index is 1.41. The van der Waals surface area contributed by atoms with Crippen LogP contribution in [0.15, 0.2) is 42.9 Å². The van der Waals surface area contributed by atoms with Gasteiger partial charge in [0.15, 0.2) is 0 Å². The summed E-state index contributed by atoms with van der Waals surface area (Å²) in [5.41, 5.74) is 0.736. The molecule has 24 heavy (non-hydrogen) atoms. The van der Waals surface area contributed by atoms with E-state index in [-0.39, 0.29) is 5.91 Å². The van der Waals surface area contributed by atoms with Crippen LogP contribution in [0.2, 0.25) is 5.02 Å². The second-order valence-electron chi connectivity index (χ2n) is 5.70. The van der Waals surface area contributed by atoms with Gasteiger partial charge in [-0.1, -0.05) is 17.7 Å². The molecule has 1 aliphatic rings. The Morgan fingerprint density at radius 1 is 1.21 bits per heavy atom. The molecule has 1 amide bonds. The molecular weight excluding hydrogens is 326 g/mol. The van der Waals surface area contributed by atoms with Gasteiger partial charge in [0, 0.05) is 62.2 Å². The minimum absolute atomic E-state index is 0.00798. The summed E-state index contributed by atoms with van der Waals surface area (Å²) in [6.07, 6.45) is 5.64. The van der Waals surface area contributed by atoms with E-state index in [2.05, 4.69) is 25.1 Å². The number of benzene rings is 1. The summed E-state index contributed by atoms with van der Waals surface area (Å²) >= 11 is 5.92. The maximum Gasteiger partial charge on any atom is 0.225 e. The topological polar surface area (TPSA) is 61.4 Å².